The van der Waals surface area contributed by atoms with Crippen molar-refractivity contribution in [2.75, 3.05) is 13.2 Å². The van der Waals surface area contributed by atoms with Crippen LogP contribution in [0.25, 0.3) is 20.5 Å². The first kappa shape index (κ1) is 28.4. The Labute approximate surface area is 262 Å². The van der Waals surface area contributed by atoms with Gasteiger partial charge in [0.2, 0.25) is 0 Å². The fraction of sp³-hybridized carbons (Fsp3) is 0.179. The molecule has 0 bridgehead atoms. The quantitative estimate of drug-likeness (QED) is 0.155. The summed E-state index contributed by atoms with van der Waals surface area (Å²) in [5.74, 6) is 1.60. The van der Waals surface area contributed by atoms with Crippen LogP contribution in [0.15, 0.2) is 133 Å². The summed E-state index contributed by atoms with van der Waals surface area (Å²) in [5.41, 5.74) is 4.14. The Bertz CT molecular complexity index is 1750. The van der Waals surface area contributed by atoms with E-state index < -0.39 is 11.9 Å². The third-order valence-corrected chi connectivity index (χ3v) is 8.98. The minimum Gasteiger partial charge on any atom is -0.491 e. The van der Waals surface area contributed by atoms with Gasteiger partial charge in [-0.15, -0.1) is 11.3 Å². The summed E-state index contributed by atoms with van der Waals surface area (Å²) in [5, 5.41) is 1.19. The van der Waals surface area contributed by atoms with Crippen molar-refractivity contribution in [2.24, 2.45) is 0 Å². The Morgan fingerprint density at radius 2 is 1.27 bits per heavy atom. The number of fused-ring (bicyclic) bond motifs is 1. The van der Waals surface area contributed by atoms with Gasteiger partial charge in [-0.1, -0.05) is 91.0 Å². The van der Waals surface area contributed by atoms with Gasteiger partial charge in [-0.2, -0.15) is 0 Å². The average molecular weight is 599 g/mol. The van der Waals surface area contributed by atoms with Crippen LogP contribution in [0.5, 0.6) is 11.5 Å². The predicted molar refractivity (Wildman–Crippen MR) is 178 cm³/mol. The molecule has 5 aromatic carbocycles. The lowest BCUT2D eigenvalue weighted by Crippen LogP contribution is -2.36. The van der Waals surface area contributed by atoms with Crippen LogP contribution in [0, 0.1) is 0 Å². The lowest BCUT2D eigenvalue weighted by atomic mass is 9.80. The van der Waals surface area contributed by atoms with Crippen molar-refractivity contribution >= 4 is 21.4 Å². The van der Waals surface area contributed by atoms with Crippen molar-refractivity contribution in [3.8, 4) is 21.9 Å². The monoisotopic (exact) mass is 598 g/mol. The van der Waals surface area contributed by atoms with Gasteiger partial charge >= 0.3 is 0 Å². The van der Waals surface area contributed by atoms with Crippen LogP contribution < -0.4 is 9.47 Å². The molecular weight excluding hydrogens is 564 g/mol. The summed E-state index contributed by atoms with van der Waals surface area (Å²) in [7, 11) is 0. The highest BCUT2D eigenvalue weighted by Crippen LogP contribution is 2.45. The lowest BCUT2D eigenvalue weighted by Gasteiger charge is -2.37. The summed E-state index contributed by atoms with van der Waals surface area (Å²) < 4.78 is 26.7. The van der Waals surface area contributed by atoms with Crippen molar-refractivity contribution < 1.29 is 18.9 Å². The summed E-state index contributed by atoms with van der Waals surface area (Å²) in [6.07, 6.45) is -0.395. The number of benzene rings is 5. The Morgan fingerprint density at radius 1 is 0.682 bits per heavy atom. The maximum absolute atomic E-state index is 7.33. The number of thiophene rings is 1. The molecule has 0 N–H and O–H groups in total. The molecule has 0 saturated carbocycles. The average Bonchev–Trinajstić information content (AvgIpc) is 3.75. The molecule has 5 heteroatoms. The number of hydrogen-bond acceptors (Lipinski definition) is 5. The largest absolute Gasteiger partial charge is 0.491 e. The van der Waals surface area contributed by atoms with Gasteiger partial charge < -0.3 is 18.9 Å². The Hall–Kier alpha value is -4.42. The zero-order valence-electron chi connectivity index (χ0n) is 24.8. The molecule has 7 rings (SSSR count). The second kappa shape index (κ2) is 12.3. The van der Waals surface area contributed by atoms with Gasteiger partial charge in [0.25, 0.3) is 0 Å². The molecule has 0 amide bonds. The van der Waals surface area contributed by atoms with Gasteiger partial charge in [-0.05, 0) is 67.3 Å². The molecule has 220 valence electrons. The van der Waals surface area contributed by atoms with Crippen LogP contribution in [0.4, 0.5) is 0 Å². The van der Waals surface area contributed by atoms with Crippen LogP contribution in [0.2, 0.25) is 0 Å². The van der Waals surface area contributed by atoms with Crippen LogP contribution in [0.3, 0.4) is 0 Å². The van der Waals surface area contributed by atoms with E-state index in [2.05, 4.69) is 109 Å². The van der Waals surface area contributed by atoms with E-state index in [4.69, 9.17) is 18.9 Å². The van der Waals surface area contributed by atoms with Gasteiger partial charge in [0, 0.05) is 26.3 Å². The first-order chi connectivity index (χ1) is 21.6. The molecular formula is C39H34O4S. The highest BCUT2D eigenvalue weighted by molar-refractivity contribution is 7.22. The van der Waals surface area contributed by atoms with Crippen molar-refractivity contribution in [1.82, 2.24) is 0 Å². The summed E-state index contributed by atoms with van der Waals surface area (Å²) in [4.78, 5) is 1.16. The van der Waals surface area contributed by atoms with Gasteiger partial charge in [-0.25, -0.2) is 0 Å². The van der Waals surface area contributed by atoms with Crippen LogP contribution >= 0.6 is 11.3 Å². The van der Waals surface area contributed by atoms with E-state index in [9.17, 15) is 0 Å². The third-order valence-electron chi connectivity index (χ3n) is 7.84. The van der Waals surface area contributed by atoms with E-state index in [1.807, 2.05) is 38.1 Å². The fourth-order valence-corrected chi connectivity index (χ4v) is 6.96. The second-order valence-electron chi connectivity index (χ2n) is 11.2. The Balaban J connectivity index is 1.37. The molecule has 0 unspecified atom stereocenters. The van der Waals surface area contributed by atoms with Crippen molar-refractivity contribution in [3.63, 3.8) is 0 Å². The molecule has 1 aliphatic rings. The highest BCUT2D eigenvalue weighted by atomic mass is 32.1. The van der Waals surface area contributed by atoms with E-state index in [1.165, 1.54) is 10.1 Å². The minimum atomic E-state index is -0.914. The number of rotatable bonds is 9. The summed E-state index contributed by atoms with van der Waals surface area (Å²) in [6.45, 7) is 5.17. The number of hydrogen-bond donors (Lipinski definition) is 0. The molecule has 44 heavy (non-hydrogen) atoms. The molecule has 6 aromatic rings. The third kappa shape index (κ3) is 5.50. The number of ether oxygens (including phenoxy) is 4. The molecule has 0 aliphatic carbocycles. The molecule has 0 spiro atoms. The summed E-state index contributed by atoms with van der Waals surface area (Å²) in [6, 6.07) is 46.1. The molecule has 0 radical (unpaired) electrons. The first-order valence-corrected chi connectivity index (χ1v) is 15.9. The van der Waals surface area contributed by atoms with Crippen molar-refractivity contribution in [2.45, 2.75) is 31.8 Å². The standard InChI is InChI=1S/C39H34O4S/c1-27(2)42-33-20-18-29-25-36(44-37(29)26-33)28-19-21-35(34(24-28)38-40-22-23-41-38)43-39(30-12-6-3-7-13-30,31-14-8-4-9-15-31)32-16-10-5-11-17-32/h3-21,24-27,38H,22-23H2,1-2H3. The topological polar surface area (TPSA) is 36.9 Å². The van der Waals surface area contributed by atoms with Gasteiger partial charge in [0.15, 0.2) is 11.9 Å². The van der Waals surface area contributed by atoms with Crippen LogP contribution in [-0.4, -0.2) is 19.3 Å². The Morgan fingerprint density at radius 3 is 1.84 bits per heavy atom. The fourth-order valence-electron chi connectivity index (χ4n) is 5.88. The SMILES string of the molecule is CC(C)Oc1ccc2cc(-c3ccc(OC(c4ccccc4)(c4ccccc4)c4ccccc4)c(C4OCCO4)c3)sc2c1. The van der Waals surface area contributed by atoms with Crippen LogP contribution in [0.1, 0.15) is 42.4 Å². The van der Waals surface area contributed by atoms with E-state index in [0.29, 0.717) is 19.0 Å². The van der Waals surface area contributed by atoms with E-state index in [1.54, 1.807) is 11.3 Å². The molecule has 4 nitrogen and oxygen atoms in total. The maximum atomic E-state index is 7.33. The predicted octanol–water partition coefficient (Wildman–Crippen LogP) is 9.77. The maximum Gasteiger partial charge on any atom is 0.187 e. The van der Waals surface area contributed by atoms with Gasteiger partial charge in [0.1, 0.15) is 11.5 Å². The van der Waals surface area contributed by atoms with Gasteiger partial charge in [-0.3, -0.25) is 0 Å². The lowest BCUT2D eigenvalue weighted by molar-refractivity contribution is -0.0469. The van der Waals surface area contributed by atoms with Crippen LogP contribution in [-0.2, 0) is 15.1 Å². The zero-order valence-corrected chi connectivity index (χ0v) is 25.6. The molecule has 0 atom stereocenters. The van der Waals surface area contributed by atoms with E-state index in [-0.39, 0.29) is 6.10 Å². The highest BCUT2D eigenvalue weighted by Gasteiger charge is 2.40. The molecule has 1 fully saturated rings. The molecule has 1 aliphatic heterocycles. The second-order valence-corrected chi connectivity index (χ2v) is 12.3. The Kier molecular flexibility index (Phi) is 7.92. The van der Waals surface area contributed by atoms with E-state index >= 15 is 0 Å². The summed E-state index contributed by atoms with van der Waals surface area (Å²) >= 11 is 1.75. The van der Waals surface area contributed by atoms with Crippen molar-refractivity contribution in [1.29, 1.82) is 0 Å². The molecule has 1 aromatic heterocycles. The molecule has 2 heterocycles. The normalized spacial score (nSPS) is 13.9. The van der Waals surface area contributed by atoms with E-state index in [0.717, 1.165) is 38.4 Å². The van der Waals surface area contributed by atoms with Gasteiger partial charge in [0.05, 0.1) is 24.9 Å². The van der Waals surface area contributed by atoms with Crippen molar-refractivity contribution in [3.05, 3.63) is 156 Å². The smallest absolute Gasteiger partial charge is 0.187 e. The zero-order chi connectivity index (χ0) is 29.9. The minimum absolute atomic E-state index is 0.128. The molecule has 1 saturated heterocycles. The first-order valence-electron chi connectivity index (χ1n) is 15.0.